The van der Waals surface area contributed by atoms with Gasteiger partial charge in [0.2, 0.25) is 0 Å². The summed E-state index contributed by atoms with van der Waals surface area (Å²) in [5.74, 6) is 0.839. The van der Waals surface area contributed by atoms with E-state index in [-0.39, 0.29) is 0 Å². The quantitative estimate of drug-likeness (QED) is 0.806. The van der Waals surface area contributed by atoms with Crippen molar-refractivity contribution in [1.82, 2.24) is 19.8 Å². The molecular formula is C13H24N4. The lowest BCUT2D eigenvalue weighted by atomic mass is 9.98. The first-order valence-electron chi connectivity index (χ1n) is 6.77. The van der Waals surface area contributed by atoms with Crippen LogP contribution in [-0.2, 0) is 6.54 Å². The molecule has 4 nitrogen and oxygen atoms in total. The zero-order chi connectivity index (χ0) is 11.9. The molecule has 0 amide bonds. The summed E-state index contributed by atoms with van der Waals surface area (Å²) in [5.41, 5.74) is 0. The molecule has 1 unspecified atom stereocenters. The van der Waals surface area contributed by atoms with Crippen LogP contribution in [0, 0.1) is 5.92 Å². The zero-order valence-electron chi connectivity index (χ0n) is 10.8. The lowest BCUT2D eigenvalue weighted by Crippen LogP contribution is -2.40. The van der Waals surface area contributed by atoms with Crippen molar-refractivity contribution in [3.63, 3.8) is 0 Å². The Morgan fingerprint density at radius 1 is 1.41 bits per heavy atom. The molecule has 2 rings (SSSR count). The maximum atomic E-state index is 4.08. The third kappa shape index (κ3) is 4.13. The highest BCUT2D eigenvalue weighted by atomic mass is 15.2. The summed E-state index contributed by atoms with van der Waals surface area (Å²) < 4.78 is 2.16. The second-order valence-corrected chi connectivity index (χ2v) is 4.92. The Bertz CT molecular complexity index is 296. The first-order chi connectivity index (χ1) is 8.38. The van der Waals surface area contributed by atoms with Gasteiger partial charge in [-0.05, 0) is 38.4 Å². The van der Waals surface area contributed by atoms with Crippen molar-refractivity contribution in [1.29, 1.82) is 0 Å². The van der Waals surface area contributed by atoms with Gasteiger partial charge < -0.3 is 14.8 Å². The predicted molar refractivity (Wildman–Crippen MR) is 69.9 cm³/mol. The lowest BCUT2D eigenvalue weighted by molar-refractivity contribution is 0.167. The highest BCUT2D eigenvalue weighted by Crippen LogP contribution is 2.15. The van der Waals surface area contributed by atoms with E-state index in [9.17, 15) is 0 Å². The number of nitrogens with one attached hydrogen (secondary N) is 1. The van der Waals surface area contributed by atoms with E-state index in [2.05, 4.69) is 26.7 Å². The lowest BCUT2D eigenvalue weighted by Gasteiger charge is -2.32. The Balaban J connectivity index is 1.69. The number of hydrogen-bond acceptors (Lipinski definition) is 3. The van der Waals surface area contributed by atoms with Gasteiger partial charge in [0.25, 0.3) is 0 Å². The molecule has 0 saturated carbocycles. The molecular weight excluding hydrogens is 212 g/mol. The summed E-state index contributed by atoms with van der Waals surface area (Å²) in [6.45, 7) is 9.18. The molecule has 96 valence electrons. The van der Waals surface area contributed by atoms with Crippen LogP contribution in [-0.4, -0.2) is 47.2 Å². The molecule has 1 fully saturated rings. The highest BCUT2D eigenvalue weighted by Gasteiger charge is 2.18. The molecule has 1 N–H and O–H groups in total. The van der Waals surface area contributed by atoms with Crippen LogP contribution in [0.5, 0.6) is 0 Å². The van der Waals surface area contributed by atoms with E-state index in [1.54, 1.807) is 0 Å². The Morgan fingerprint density at radius 3 is 3.12 bits per heavy atom. The monoisotopic (exact) mass is 236 g/mol. The smallest absolute Gasteiger partial charge is 0.0946 e. The van der Waals surface area contributed by atoms with E-state index in [1.807, 2.05) is 18.7 Å². The highest BCUT2D eigenvalue weighted by molar-refractivity contribution is 4.77. The SMILES string of the molecule is CCNCC1CCCN(CCn2ccnc2)C1. The Morgan fingerprint density at radius 2 is 2.35 bits per heavy atom. The molecule has 17 heavy (non-hydrogen) atoms. The maximum absolute atomic E-state index is 4.08. The third-order valence-corrected chi connectivity index (χ3v) is 3.52. The first-order valence-corrected chi connectivity index (χ1v) is 6.77. The molecule has 2 heterocycles. The minimum atomic E-state index is 0.839. The molecule has 1 aromatic rings. The van der Waals surface area contributed by atoms with Crippen LogP contribution in [0.4, 0.5) is 0 Å². The number of rotatable bonds is 6. The van der Waals surface area contributed by atoms with Gasteiger partial charge in [0, 0.05) is 32.0 Å². The van der Waals surface area contributed by atoms with Crippen LogP contribution < -0.4 is 5.32 Å². The van der Waals surface area contributed by atoms with Crippen LogP contribution >= 0.6 is 0 Å². The van der Waals surface area contributed by atoms with Crippen molar-refractivity contribution >= 4 is 0 Å². The normalized spacial score (nSPS) is 21.8. The second kappa shape index (κ2) is 6.77. The number of nitrogens with zero attached hydrogens (tertiary/aromatic N) is 3. The molecule has 1 saturated heterocycles. The topological polar surface area (TPSA) is 33.1 Å². The van der Waals surface area contributed by atoms with Crippen molar-refractivity contribution < 1.29 is 0 Å². The maximum Gasteiger partial charge on any atom is 0.0946 e. The summed E-state index contributed by atoms with van der Waals surface area (Å²) in [4.78, 5) is 6.66. The summed E-state index contributed by atoms with van der Waals surface area (Å²) in [6.07, 6.45) is 8.53. The standard InChI is InChI=1S/C13H24N4/c1-2-14-10-13-4-3-6-16(11-13)8-9-17-7-5-15-12-17/h5,7,12-14H,2-4,6,8-11H2,1H3. The number of imidazole rings is 1. The minimum absolute atomic E-state index is 0.839. The molecule has 1 atom stereocenters. The van der Waals surface area contributed by atoms with Crippen LogP contribution in [0.3, 0.4) is 0 Å². The van der Waals surface area contributed by atoms with Gasteiger partial charge in [-0.2, -0.15) is 0 Å². The Kier molecular flexibility index (Phi) is 5.01. The van der Waals surface area contributed by atoms with Gasteiger partial charge in [0.05, 0.1) is 6.33 Å². The molecule has 4 heteroatoms. The number of likely N-dealkylation sites (tertiary alicyclic amines) is 1. The van der Waals surface area contributed by atoms with E-state index in [0.717, 1.165) is 25.6 Å². The van der Waals surface area contributed by atoms with Crippen molar-refractivity contribution in [2.75, 3.05) is 32.7 Å². The Hall–Kier alpha value is -0.870. The molecule has 1 aliphatic rings. The van der Waals surface area contributed by atoms with Gasteiger partial charge in [0.1, 0.15) is 0 Å². The van der Waals surface area contributed by atoms with Crippen LogP contribution in [0.1, 0.15) is 19.8 Å². The number of aromatic nitrogens is 2. The van der Waals surface area contributed by atoms with E-state index in [0.29, 0.717) is 0 Å². The molecule has 0 spiro atoms. The number of hydrogen-bond donors (Lipinski definition) is 1. The molecule has 0 radical (unpaired) electrons. The number of piperidine rings is 1. The van der Waals surface area contributed by atoms with E-state index in [4.69, 9.17) is 0 Å². The fraction of sp³-hybridized carbons (Fsp3) is 0.769. The van der Waals surface area contributed by atoms with E-state index >= 15 is 0 Å². The van der Waals surface area contributed by atoms with Gasteiger partial charge in [0.15, 0.2) is 0 Å². The van der Waals surface area contributed by atoms with Crippen LogP contribution in [0.2, 0.25) is 0 Å². The second-order valence-electron chi connectivity index (χ2n) is 4.92. The Labute approximate surface area is 104 Å². The summed E-state index contributed by atoms with van der Waals surface area (Å²) in [7, 11) is 0. The molecule has 0 aromatic carbocycles. The van der Waals surface area contributed by atoms with Gasteiger partial charge in [-0.25, -0.2) is 4.98 Å². The molecule has 0 aliphatic carbocycles. The van der Waals surface area contributed by atoms with Crippen LogP contribution in [0.25, 0.3) is 0 Å². The largest absolute Gasteiger partial charge is 0.336 e. The van der Waals surface area contributed by atoms with Gasteiger partial charge in [-0.3, -0.25) is 0 Å². The summed E-state index contributed by atoms with van der Waals surface area (Å²) in [5, 5.41) is 3.47. The van der Waals surface area contributed by atoms with Crippen LogP contribution in [0.15, 0.2) is 18.7 Å². The van der Waals surface area contributed by atoms with E-state index < -0.39 is 0 Å². The summed E-state index contributed by atoms with van der Waals surface area (Å²) >= 11 is 0. The minimum Gasteiger partial charge on any atom is -0.336 e. The average molecular weight is 236 g/mol. The fourth-order valence-corrected chi connectivity index (χ4v) is 2.55. The fourth-order valence-electron chi connectivity index (χ4n) is 2.55. The van der Waals surface area contributed by atoms with Gasteiger partial charge >= 0.3 is 0 Å². The van der Waals surface area contributed by atoms with Gasteiger partial charge in [-0.15, -0.1) is 0 Å². The van der Waals surface area contributed by atoms with Gasteiger partial charge in [-0.1, -0.05) is 6.92 Å². The van der Waals surface area contributed by atoms with Crippen molar-refractivity contribution in [2.45, 2.75) is 26.3 Å². The molecule has 0 bridgehead atoms. The van der Waals surface area contributed by atoms with E-state index in [1.165, 1.54) is 32.5 Å². The van der Waals surface area contributed by atoms with Crippen molar-refractivity contribution in [3.05, 3.63) is 18.7 Å². The average Bonchev–Trinajstić information content (AvgIpc) is 2.87. The predicted octanol–water partition coefficient (Wildman–Crippen LogP) is 1.20. The third-order valence-electron chi connectivity index (χ3n) is 3.52. The first kappa shape index (κ1) is 12.6. The summed E-state index contributed by atoms with van der Waals surface area (Å²) in [6, 6.07) is 0. The van der Waals surface area contributed by atoms with Crippen molar-refractivity contribution in [3.8, 4) is 0 Å². The molecule has 1 aromatic heterocycles. The molecule has 1 aliphatic heterocycles. The zero-order valence-corrected chi connectivity index (χ0v) is 10.8. The van der Waals surface area contributed by atoms with Crippen molar-refractivity contribution in [2.24, 2.45) is 5.92 Å².